The molecule has 0 atom stereocenters. The number of allylic oxidation sites excluding steroid dienone is 4. The first-order chi connectivity index (χ1) is 7.90. The second-order valence-electron chi connectivity index (χ2n) is 3.95. The minimum Gasteiger partial charge on any atom is -0.0991 e. The molecule has 0 aliphatic heterocycles. The maximum atomic E-state index is 3.71. The van der Waals surface area contributed by atoms with Crippen molar-refractivity contribution < 1.29 is 0 Å². The SMILES string of the molecule is C=CC=CC1=Cc2cccc3cccc1c23. The molecule has 0 bridgehead atoms. The molecule has 0 nitrogen and oxygen atoms in total. The van der Waals surface area contributed by atoms with Crippen LogP contribution in [0.1, 0.15) is 11.1 Å². The van der Waals surface area contributed by atoms with Gasteiger partial charge in [0.2, 0.25) is 0 Å². The molecule has 0 amide bonds. The molecule has 3 rings (SSSR count). The first-order valence-electron chi connectivity index (χ1n) is 5.43. The highest BCUT2D eigenvalue weighted by Gasteiger charge is 2.13. The third-order valence-corrected chi connectivity index (χ3v) is 2.97. The van der Waals surface area contributed by atoms with Crippen LogP contribution in [-0.2, 0) is 0 Å². The zero-order valence-corrected chi connectivity index (χ0v) is 8.98. The Morgan fingerprint density at radius 2 is 1.81 bits per heavy atom. The van der Waals surface area contributed by atoms with Crippen molar-refractivity contribution in [2.45, 2.75) is 0 Å². The molecule has 0 N–H and O–H groups in total. The summed E-state index contributed by atoms with van der Waals surface area (Å²) < 4.78 is 0. The molecule has 1 aliphatic rings. The van der Waals surface area contributed by atoms with Gasteiger partial charge in [0.15, 0.2) is 0 Å². The lowest BCUT2D eigenvalue weighted by Gasteiger charge is -2.02. The van der Waals surface area contributed by atoms with Crippen LogP contribution in [0.15, 0.2) is 61.2 Å². The van der Waals surface area contributed by atoms with E-state index in [9.17, 15) is 0 Å². The monoisotopic (exact) mass is 204 g/mol. The molecular formula is C16H12. The summed E-state index contributed by atoms with van der Waals surface area (Å²) in [7, 11) is 0. The summed E-state index contributed by atoms with van der Waals surface area (Å²) in [6.07, 6.45) is 8.14. The third-order valence-electron chi connectivity index (χ3n) is 2.97. The maximum Gasteiger partial charge on any atom is -0.00326 e. The quantitative estimate of drug-likeness (QED) is 0.634. The number of hydrogen-bond donors (Lipinski definition) is 0. The first-order valence-corrected chi connectivity index (χ1v) is 5.43. The Balaban J connectivity index is 2.29. The largest absolute Gasteiger partial charge is 0.0991 e. The standard InChI is InChI=1S/C16H12/c1-2-3-6-13-11-14-9-4-7-12-8-5-10-15(13)16(12)14/h2-11H,1H2. The summed E-state index contributed by atoms with van der Waals surface area (Å²) >= 11 is 0. The minimum atomic E-state index is 1.27. The van der Waals surface area contributed by atoms with E-state index in [1.165, 1.54) is 27.5 Å². The van der Waals surface area contributed by atoms with Crippen LogP contribution in [0, 0.1) is 0 Å². The van der Waals surface area contributed by atoms with Crippen LogP contribution in [0.3, 0.4) is 0 Å². The third kappa shape index (κ3) is 1.24. The van der Waals surface area contributed by atoms with Crippen LogP contribution in [0.2, 0.25) is 0 Å². The highest BCUT2D eigenvalue weighted by molar-refractivity contribution is 6.11. The fraction of sp³-hybridized carbons (Fsp3) is 0. The van der Waals surface area contributed by atoms with Crippen molar-refractivity contribution in [2.24, 2.45) is 0 Å². The molecule has 2 aromatic carbocycles. The molecule has 16 heavy (non-hydrogen) atoms. The van der Waals surface area contributed by atoms with E-state index in [-0.39, 0.29) is 0 Å². The van der Waals surface area contributed by atoms with Crippen molar-refractivity contribution in [1.29, 1.82) is 0 Å². The Morgan fingerprint density at radius 3 is 2.62 bits per heavy atom. The maximum absolute atomic E-state index is 3.71. The van der Waals surface area contributed by atoms with Gasteiger partial charge in [0.1, 0.15) is 0 Å². The van der Waals surface area contributed by atoms with Gasteiger partial charge in [0.05, 0.1) is 0 Å². The van der Waals surface area contributed by atoms with Crippen LogP contribution in [0.4, 0.5) is 0 Å². The minimum absolute atomic E-state index is 1.27. The molecule has 0 aromatic heterocycles. The van der Waals surface area contributed by atoms with E-state index in [2.05, 4.69) is 55.1 Å². The van der Waals surface area contributed by atoms with Crippen LogP contribution in [0.25, 0.3) is 22.4 Å². The van der Waals surface area contributed by atoms with Crippen LogP contribution in [0.5, 0.6) is 0 Å². The van der Waals surface area contributed by atoms with Crippen molar-refractivity contribution in [1.82, 2.24) is 0 Å². The Bertz CT molecular complexity index is 622. The lowest BCUT2D eigenvalue weighted by atomic mass is 10.0. The fourth-order valence-corrected chi connectivity index (χ4v) is 2.29. The highest BCUT2D eigenvalue weighted by atomic mass is 14.2. The molecule has 0 heterocycles. The number of benzene rings is 2. The second-order valence-corrected chi connectivity index (χ2v) is 3.95. The molecule has 0 heteroatoms. The van der Waals surface area contributed by atoms with Gasteiger partial charge in [0, 0.05) is 0 Å². The van der Waals surface area contributed by atoms with Crippen LogP contribution < -0.4 is 0 Å². The fourth-order valence-electron chi connectivity index (χ4n) is 2.29. The number of rotatable bonds is 2. The van der Waals surface area contributed by atoms with Crippen LogP contribution >= 0.6 is 0 Å². The van der Waals surface area contributed by atoms with Gasteiger partial charge in [-0.1, -0.05) is 61.2 Å². The molecule has 0 unspecified atom stereocenters. The van der Waals surface area contributed by atoms with Gasteiger partial charge in [-0.15, -0.1) is 0 Å². The summed E-state index contributed by atoms with van der Waals surface area (Å²) in [4.78, 5) is 0. The van der Waals surface area contributed by atoms with Crippen molar-refractivity contribution in [3.63, 3.8) is 0 Å². The Kier molecular flexibility index (Phi) is 2.00. The molecule has 0 fully saturated rings. The predicted molar refractivity (Wildman–Crippen MR) is 71.2 cm³/mol. The molecule has 0 saturated heterocycles. The van der Waals surface area contributed by atoms with Gasteiger partial charge in [-0.3, -0.25) is 0 Å². The van der Waals surface area contributed by atoms with E-state index in [4.69, 9.17) is 0 Å². The Labute approximate surface area is 95.2 Å². The molecule has 0 radical (unpaired) electrons. The Morgan fingerprint density at radius 1 is 1.00 bits per heavy atom. The lowest BCUT2D eigenvalue weighted by Crippen LogP contribution is -1.79. The average molecular weight is 204 g/mol. The molecule has 76 valence electrons. The molecule has 0 saturated carbocycles. The van der Waals surface area contributed by atoms with Gasteiger partial charge in [-0.2, -0.15) is 0 Å². The van der Waals surface area contributed by atoms with Crippen molar-refractivity contribution in [3.05, 3.63) is 72.3 Å². The van der Waals surface area contributed by atoms with E-state index in [1.54, 1.807) is 0 Å². The van der Waals surface area contributed by atoms with E-state index in [0.717, 1.165) is 0 Å². The summed E-state index contributed by atoms with van der Waals surface area (Å²) in [6.45, 7) is 3.71. The van der Waals surface area contributed by atoms with Gasteiger partial charge >= 0.3 is 0 Å². The van der Waals surface area contributed by atoms with E-state index < -0.39 is 0 Å². The lowest BCUT2D eigenvalue weighted by molar-refractivity contribution is 1.70. The van der Waals surface area contributed by atoms with E-state index in [0.29, 0.717) is 0 Å². The molecule has 1 aliphatic carbocycles. The van der Waals surface area contributed by atoms with Gasteiger partial charge in [-0.05, 0) is 33.5 Å². The average Bonchev–Trinajstić information content (AvgIpc) is 2.68. The van der Waals surface area contributed by atoms with Crippen molar-refractivity contribution in [2.75, 3.05) is 0 Å². The van der Waals surface area contributed by atoms with E-state index in [1.807, 2.05) is 12.2 Å². The van der Waals surface area contributed by atoms with E-state index >= 15 is 0 Å². The molecule has 2 aromatic rings. The van der Waals surface area contributed by atoms with Crippen molar-refractivity contribution in [3.8, 4) is 0 Å². The van der Waals surface area contributed by atoms with Gasteiger partial charge in [-0.25, -0.2) is 0 Å². The zero-order chi connectivity index (χ0) is 11.0. The summed E-state index contributed by atoms with van der Waals surface area (Å²) in [6, 6.07) is 12.9. The Hall–Kier alpha value is -2.08. The van der Waals surface area contributed by atoms with Gasteiger partial charge < -0.3 is 0 Å². The van der Waals surface area contributed by atoms with Crippen LogP contribution in [-0.4, -0.2) is 0 Å². The number of hydrogen-bond acceptors (Lipinski definition) is 0. The summed E-state index contributed by atoms with van der Waals surface area (Å²) in [5.74, 6) is 0. The first kappa shape index (κ1) is 9.17. The second kappa shape index (κ2) is 3.49. The normalized spacial score (nSPS) is 13.4. The van der Waals surface area contributed by atoms with Crippen molar-refractivity contribution >= 4 is 22.4 Å². The summed E-state index contributed by atoms with van der Waals surface area (Å²) in [5.41, 5.74) is 3.91. The predicted octanol–water partition coefficient (Wildman–Crippen LogP) is 4.44. The molecule has 0 spiro atoms. The smallest absolute Gasteiger partial charge is 0.00326 e. The molecular weight excluding hydrogens is 192 g/mol. The zero-order valence-electron chi connectivity index (χ0n) is 8.98. The van der Waals surface area contributed by atoms with Gasteiger partial charge in [0.25, 0.3) is 0 Å². The highest BCUT2D eigenvalue weighted by Crippen LogP contribution is 2.36. The topological polar surface area (TPSA) is 0 Å². The summed E-state index contributed by atoms with van der Waals surface area (Å²) in [5, 5.41) is 2.68.